The van der Waals surface area contributed by atoms with Gasteiger partial charge in [-0.15, -0.1) is 0 Å². The van der Waals surface area contributed by atoms with Crippen molar-refractivity contribution in [1.82, 2.24) is 20.5 Å². The Bertz CT molecular complexity index is 1640. The second-order valence-electron chi connectivity index (χ2n) is 13.3. The molecule has 0 bridgehead atoms. The van der Waals surface area contributed by atoms with Gasteiger partial charge in [0.15, 0.2) is 0 Å². The largest absolute Gasteiger partial charge is 0.444 e. The van der Waals surface area contributed by atoms with E-state index in [4.69, 9.17) is 9.47 Å². The fourth-order valence-electron chi connectivity index (χ4n) is 5.87. The van der Waals surface area contributed by atoms with Crippen LogP contribution >= 0.6 is 0 Å². The van der Waals surface area contributed by atoms with Crippen molar-refractivity contribution in [3.8, 4) is 11.1 Å². The molecule has 3 heterocycles. The monoisotopic (exact) mass is 681 g/mol. The Morgan fingerprint density at radius 2 is 1.71 bits per heavy atom. The number of benzene rings is 2. The third-order valence-corrected chi connectivity index (χ3v) is 8.55. The number of nitrogens with zero attached hydrogens (tertiary/aromatic N) is 3. The Morgan fingerprint density at radius 3 is 2.35 bits per heavy atom. The number of rotatable bonds is 8. The van der Waals surface area contributed by atoms with Crippen molar-refractivity contribution in [3.63, 3.8) is 0 Å². The zero-order chi connectivity index (χ0) is 35.3. The summed E-state index contributed by atoms with van der Waals surface area (Å²) in [6, 6.07) is 11.6. The van der Waals surface area contributed by atoms with Crippen molar-refractivity contribution in [2.24, 2.45) is 5.92 Å². The van der Waals surface area contributed by atoms with Crippen LogP contribution in [-0.4, -0.2) is 72.8 Å². The van der Waals surface area contributed by atoms with E-state index in [9.17, 15) is 27.6 Å². The van der Waals surface area contributed by atoms with E-state index >= 15 is 0 Å². The summed E-state index contributed by atoms with van der Waals surface area (Å²) in [4.78, 5) is 46.5. The standard InChI is InChI=1S/C36H42F3N5O5/c1-23(42-32(45)28-17-30(21-40-19-28)43-12-14-44(15-13-43)33(46)27-11-16-48-22-27)24-5-7-25(8-6-24)31-18-29(36(37,38)39)10-9-26(31)20-41-34(47)49-35(2,3)4/h5-10,17-19,21,23,27H,11-16,20,22H2,1-4H3,(H,41,47)(H,42,45)/t23-,27?/m1/s1. The number of alkyl halides is 3. The Hall–Kier alpha value is -4.65. The average Bonchev–Trinajstić information content (AvgIpc) is 3.61. The lowest BCUT2D eigenvalue weighted by Crippen LogP contribution is -2.50. The molecule has 1 unspecified atom stereocenters. The predicted octanol–water partition coefficient (Wildman–Crippen LogP) is 5.97. The van der Waals surface area contributed by atoms with Gasteiger partial charge in [-0.3, -0.25) is 14.6 Å². The number of nitrogens with one attached hydrogen (secondary N) is 2. The van der Waals surface area contributed by atoms with Crippen molar-refractivity contribution in [2.45, 2.75) is 58.5 Å². The molecule has 2 aromatic carbocycles. The molecule has 0 aliphatic carbocycles. The molecule has 2 saturated heterocycles. The molecular formula is C36H42F3N5O5. The maximum Gasteiger partial charge on any atom is 0.416 e. The van der Waals surface area contributed by atoms with Crippen LogP contribution in [0.5, 0.6) is 0 Å². The number of piperazine rings is 1. The number of carbonyl (C=O) groups is 3. The molecule has 2 atom stereocenters. The van der Waals surface area contributed by atoms with Crippen molar-refractivity contribution in [1.29, 1.82) is 0 Å². The maximum atomic E-state index is 13.6. The van der Waals surface area contributed by atoms with Crippen LogP contribution in [0.4, 0.5) is 23.7 Å². The zero-order valence-electron chi connectivity index (χ0n) is 28.1. The molecular weight excluding hydrogens is 639 g/mol. The summed E-state index contributed by atoms with van der Waals surface area (Å²) in [5, 5.41) is 5.59. The van der Waals surface area contributed by atoms with Crippen LogP contribution in [0.2, 0.25) is 0 Å². The Kier molecular flexibility index (Phi) is 10.8. The first-order valence-corrected chi connectivity index (χ1v) is 16.3. The molecule has 5 rings (SSSR count). The lowest BCUT2D eigenvalue weighted by molar-refractivity contribution is -0.137. The molecule has 2 N–H and O–H groups in total. The molecule has 2 fully saturated rings. The van der Waals surface area contributed by atoms with E-state index < -0.39 is 29.5 Å². The van der Waals surface area contributed by atoms with E-state index in [0.29, 0.717) is 61.6 Å². The first-order valence-electron chi connectivity index (χ1n) is 16.3. The van der Waals surface area contributed by atoms with Crippen LogP contribution in [0.3, 0.4) is 0 Å². The lowest BCUT2D eigenvalue weighted by atomic mass is 9.95. The van der Waals surface area contributed by atoms with Crippen molar-refractivity contribution >= 4 is 23.6 Å². The van der Waals surface area contributed by atoms with Gasteiger partial charge in [0, 0.05) is 45.5 Å². The van der Waals surface area contributed by atoms with Gasteiger partial charge in [-0.05, 0) is 74.6 Å². The summed E-state index contributed by atoms with van der Waals surface area (Å²) in [6.07, 6.45) is -1.27. The number of hydrogen-bond acceptors (Lipinski definition) is 7. The number of anilines is 1. The second kappa shape index (κ2) is 14.9. The quantitative estimate of drug-likeness (QED) is 0.302. The highest BCUT2D eigenvalue weighted by Crippen LogP contribution is 2.35. The van der Waals surface area contributed by atoms with E-state index in [-0.39, 0.29) is 24.3 Å². The summed E-state index contributed by atoms with van der Waals surface area (Å²) < 4.78 is 51.5. The van der Waals surface area contributed by atoms with Crippen molar-refractivity contribution in [2.75, 3.05) is 44.3 Å². The van der Waals surface area contributed by atoms with E-state index in [1.54, 1.807) is 57.3 Å². The molecule has 49 heavy (non-hydrogen) atoms. The molecule has 10 nitrogen and oxygen atoms in total. The summed E-state index contributed by atoms with van der Waals surface area (Å²) in [6.45, 7) is 10.5. The number of halogens is 3. The number of amides is 3. The number of alkyl carbamates (subject to hydrolysis) is 1. The van der Waals surface area contributed by atoms with Crippen LogP contribution in [0.15, 0.2) is 60.9 Å². The fourth-order valence-corrected chi connectivity index (χ4v) is 5.87. The molecule has 2 aliphatic heterocycles. The third-order valence-electron chi connectivity index (χ3n) is 8.55. The van der Waals surface area contributed by atoms with E-state index in [1.165, 1.54) is 12.3 Å². The Morgan fingerprint density at radius 1 is 1.00 bits per heavy atom. The summed E-state index contributed by atoms with van der Waals surface area (Å²) >= 11 is 0. The minimum Gasteiger partial charge on any atom is -0.444 e. The van der Waals surface area contributed by atoms with E-state index in [0.717, 1.165) is 29.8 Å². The minimum atomic E-state index is -4.55. The van der Waals surface area contributed by atoms with Gasteiger partial charge in [0.1, 0.15) is 5.60 Å². The van der Waals surface area contributed by atoms with Gasteiger partial charge >= 0.3 is 12.3 Å². The smallest absolute Gasteiger partial charge is 0.416 e. The first kappa shape index (κ1) is 35.7. The molecule has 0 saturated carbocycles. The second-order valence-corrected chi connectivity index (χ2v) is 13.3. The molecule has 0 radical (unpaired) electrons. The van der Waals surface area contributed by atoms with Crippen LogP contribution in [0.25, 0.3) is 11.1 Å². The lowest BCUT2D eigenvalue weighted by Gasteiger charge is -2.37. The molecule has 0 spiro atoms. The number of pyridine rings is 1. The van der Waals surface area contributed by atoms with Crippen molar-refractivity contribution < 1.29 is 37.0 Å². The topological polar surface area (TPSA) is 113 Å². The van der Waals surface area contributed by atoms with Crippen LogP contribution < -0.4 is 15.5 Å². The highest BCUT2D eigenvalue weighted by Gasteiger charge is 2.32. The zero-order valence-corrected chi connectivity index (χ0v) is 28.1. The number of carbonyl (C=O) groups excluding carboxylic acids is 3. The van der Waals surface area contributed by atoms with Gasteiger partial charge in [-0.25, -0.2) is 4.79 Å². The number of hydrogen-bond donors (Lipinski definition) is 2. The molecule has 2 aliphatic rings. The normalized spacial score (nSPS) is 17.4. The molecule has 3 amide bonds. The molecule has 3 aromatic rings. The van der Waals surface area contributed by atoms with Gasteiger partial charge in [-0.2, -0.15) is 13.2 Å². The van der Waals surface area contributed by atoms with Crippen LogP contribution in [-0.2, 0) is 27.0 Å². The van der Waals surface area contributed by atoms with Gasteiger partial charge < -0.3 is 29.9 Å². The highest BCUT2D eigenvalue weighted by atomic mass is 19.4. The average molecular weight is 682 g/mol. The van der Waals surface area contributed by atoms with Gasteiger partial charge in [0.25, 0.3) is 5.91 Å². The van der Waals surface area contributed by atoms with Gasteiger partial charge in [-0.1, -0.05) is 30.3 Å². The maximum absolute atomic E-state index is 13.6. The molecule has 1 aromatic heterocycles. The van der Waals surface area contributed by atoms with Gasteiger partial charge in [0.05, 0.1) is 41.6 Å². The SMILES string of the molecule is C[C@@H](NC(=O)c1cncc(N2CCN(C(=O)C3CCOC3)CC2)c1)c1ccc(-c2cc(C(F)(F)F)ccc2CNC(=O)OC(C)(C)C)cc1. The molecule has 13 heteroatoms. The number of aromatic nitrogens is 1. The van der Waals surface area contributed by atoms with Crippen LogP contribution in [0, 0.1) is 5.92 Å². The Labute approximate surface area is 284 Å². The summed E-state index contributed by atoms with van der Waals surface area (Å²) in [5.41, 5.74) is 1.70. The summed E-state index contributed by atoms with van der Waals surface area (Å²) in [5.74, 6) is -0.255. The Balaban J connectivity index is 1.23. The number of ether oxygens (including phenoxy) is 2. The van der Waals surface area contributed by atoms with Crippen LogP contribution in [0.1, 0.15) is 67.2 Å². The van der Waals surface area contributed by atoms with Gasteiger partial charge in [0.2, 0.25) is 5.91 Å². The first-order chi connectivity index (χ1) is 23.2. The van der Waals surface area contributed by atoms with E-state index in [2.05, 4.69) is 20.5 Å². The minimum absolute atomic E-state index is 0.0343. The fraction of sp³-hybridized carbons (Fsp3) is 0.444. The van der Waals surface area contributed by atoms with Crippen molar-refractivity contribution in [3.05, 3.63) is 83.2 Å². The summed E-state index contributed by atoms with van der Waals surface area (Å²) in [7, 11) is 0. The predicted molar refractivity (Wildman–Crippen MR) is 178 cm³/mol. The van der Waals surface area contributed by atoms with E-state index in [1.807, 2.05) is 11.8 Å². The highest BCUT2D eigenvalue weighted by molar-refractivity contribution is 5.95. The third kappa shape index (κ3) is 9.28. The molecule has 262 valence electrons.